The number of hydrogen-bond acceptors (Lipinski definition) is 3. The van der Waals surface area contributed by atoms with E-state index in [1.165, 1.54) is 12.1 Å². The highest BCUT2D eigenvalue weighted by atomic mass is 35.5. The lowest BCUT2D eigenvalue weighted by Crippen LogP contribution is -2.37. The van der Waals surface area contributed by atoms with Crippen LogP contribution in [0.1, 0.15) is 48.8 Å². The number of piperidine rings is 1. The molecule has 0 radical (unpaired) electrons. The molecule has 1 amide bonds. The maximum atomic E-state index is 13.3. The van der Waals surface area contributed by atoms with Crippen LogP contribution in [0, 0.1) is 5.82 Å². The summed E-state index contributed by atoms with van der Waals surface area (Å²) in [6.45, 7) is 6.19. The van der Waals surface area contributed by atoms with Crippen LogP contribution in [0.3, 0.4) is 0 Å². The molecule has 1 unspecified atom stereocenters. The van der Waals surface area contributed by atoms with Gasteiger partial charge in [0.25, 0.3) is 5.91 Å². The largest absolute Gasteiger partial charge is 0.350 e. The van der Waals surface area contributed by atoms with E-state index < -0.39 is 5.41 Å². The Bertz CT molecular complexity index is 788. The van der Waals surface area contributed by atoms with E-state index in [2.05, 4.69) is 15.7 Å². The summed E-state index contributed by atoms with van der Waals surface area (Å²) in [5.74, 6) is -0.597. The van der Waals surface area contributed by atoms with Gasteiger partial charge < -0.3 is 10.6 Å². The molecule has 2 aromatic rings. The first-order valence-electron chi connectivity index (χ1n) is 8.86. The normalized spacial score (nSPS) is 17.3. The van der Waals surface area contributed by atoms with Gasteiger partial charge in [0.15, 0.2) is 0 Å². The number of carbonyl (C=O) groups is 1. The molecule has 2 heterocycles. The molecule has 8 heteroatoms. The van der Waals surface area contributed by atoms with Crippen molar-refractivity contribution in [2.24, 2.45) is 0 Å². The Labute approximate surface area is 170 Å². The Morgan fingerprint density at radius 3 is 2.89 bits per heavy atom. The predicted molar refractivity (Wildman–Crippen MR) is 107 cm³/mol. The lowest BCUT2D eigenvalue weighted by atomic mass is 9.84. The van der Waals surface area contributed by atoms with Crippen LogP contribution in [0.5, 0.6) is 0 Å². The topological polar surface area (TPSA) is 59.0 Å². The van der Waals surface area contributed by atoms with Crippen molar-refractivity contribution in [1.82, 2.24) is 20.4 Å². The van der Waals surface area contributed by atoms with Crippen molar-refractivity contribution in [2.75, 3.05) is 19.6 Å². The second kappa shape index (κ2) is 9.04. The Hall–Kier alpha value is -1.63. The summed E-state index contributed by atoms with van der Waals surface area (Å²) in [7, 11) is 0. The lowest BCUT2D eigenvalue weighted by Gasteiger charge is -2.26. The molecular formula is C19H25Cl2FN4O. The van der Waals surface area contributed by atoms with Gasteiger partial charge in [-0.15, -0.1) is 12.4 Å². The molecule has 2 N–H and O–H groups in total. The molecule has 148 valence electrons. The number of halogens is 3. The SMILES string of the molecule is CC(C)(CNC(=O)c1ccn(C2CCCNC2)n1)c1ccc(F)cc1Cl.Cl. The average Bonchev–Trinajstić information content (AvgIpc) is 3.10. The number of nitrogens with one attached hydrogen (secondary N) is 2. The van der Waals surface area contributed by atoms with Gasteiger partial charge >= 0.3 is 0 Å². The van der Waals surface area contributed by atoms with E-state index in [1.54, 1.807) is 12.1 Å². The van der Waals surface area contributed by atoms with Gasteiger partial charge in [0, 0.05) is 29.7 Å². The molecule has 1 atom stereocenters. The number of nitrogens with zero attached hydrogens (tertiary/aromatic N) is 2. The van der Waals surface area contributed by atoms with Gasteiger partial charge in [-0.1, -0.05) is 31.5 Å². The van der Waals surface area contributed by atoms with Crippen molar-refractivity contribution in [2.45, 2.75) is 38.1 Å². The number of aromatic nitrogens is 2. The van der Waals surface area contributed by atoms with Crippen LogP contribution in [-0.2, 0) is 5.41 Å². The highest BCUT2D eigenvalue weighted by molar-refractivity contribution is 6.31. The van der Waals surface area contributed by atoms with Gasteiger partial charge in [-0.2, -0.15) is 5.10 Å². The van der Waals surface area contributed by atoms with Crippen LogP contribution >= 0.6 is 24.0 Å². The second-order valence-corrected chi connectivity index (χ2v) is 7.78. The molecular weight excluding hydrogens is 390 g/mol. The van der Waals surface area contributed by atoms with Crippen LogP contribution in [0.15, 0.2) is 30.5 Å². The van der Waals surface area contributed by atoms with Gasteiger partial charge in [-0.25, -0.2) is 4.39 Å². The van der Waals surface area contributed by atoms with Crippen LogP contribution in [-0.4, -0.2) is 35.3 Å². The summed E-state index contributed by atoms with van der Waals surface area (Å²) < 4.78 is 15.1. The van der Waals surface area contributed by atoms with Gasteiger partial charge in [0.1, 0.15) is 11.5 Å². The Morgan fingerprint density at radius 2 is 2.22 bits per heavy atom. The summed E-state index contributed by atoms with van der Waals surface area (Å²) in [5.41, 5.74) is 0.757. The fraction of sp³-hybridized carbons (Fsp3) is 0.474. The molecule has 5 nitrogen and oxygen atoms in total. The predicted octanol–water partition coefficient (Wildman–Crippen LogP) is 3.73. The van der Waals surface area contributed by atoms with Crippen molar-refractivity contribution in [3.05, 3.63) is 52.6 Å². The number of rotatable bonds is 5. The van der Waals surface area contributed by atoms with E-state index >= 15 is 0 Å². The molecule has 0 aliphatic carbocycles. The van der Waals surface area contributed by atoms with Gasteiger partial charge in [0.2, 0.25) is 0 Å². The first-order chi connectivity index (χ1) is 12.4. The minimum absolute atomic E-state index is 0. The minimum atomic E-state index is -0.434. The highest BCUT2D eigenvalue weighted by Gasteiger charge is 2.25. The van der Waals surface area contributed by atoms with Crippen molar-refractivity contribution in [3.63, 3.8) is 0 Å². The molecule has 0 spiro atoms. The third-order valence-corrected chi connectivity index (χ3v) is 5.15. The lowest BCUT2D eigenvalue weighted by molar-refractivity contribution is 0.0939. The zero-order valence-corrected chi connectivity index (χ0v) is 17.0. The molecule has 3 rings (SSSR count). The Balaban J connectivity index is 0.00000261. The second-order valence-electron chi connectivity index (χ2n) is 7.37. The zero-order valence-electron chi connectivity index (χ0n) is 15.5. The van der Waals surface area contributed by atoms with E-state index in [-0.39, 0.29) is 24.1 Å². The van der Waals surface area contributed by atoms with Crippen molar-refractivity contribution in [1.29, 1.82) is 0 Å². The molecule has 1 aromatic carbocycles. The van der Waals surface area contributed by atoms with E-state index in [0.717, 1.165) is 31.5 Å². The summed E-state index contributed by atoms with van der Waals surface area (Å²) >= 11 is 6.16. The minimum Gasteiger partial charge on any atom is -0.350 e. The molecule has 1 saturated heterocycles. The van der Waals surface area contributed by atoms with Crippen molar-refractivity contribution < 1.29 is 9.18 Å². The molecule has 1 fully saturated rings. The summed E-state index contributed by atoms with van der Waals surface area (Å²) in [6.07, 6.45) is 4.03. The van der Waals surface area contributed by atoms with Crippen LogP contribution in [0.2, 0.25) is 5.02 Å². The summed E-state index contributed by atoms with van der Waals surface area (Å²) in [4.78, 5) is 12.5. The first-order valence-corrected chi connectivity index (χ1v) is 9.24. The fourth-order valence-electron chi connectivity index (χ4n) is 3.25. The van der Waals surface area contributed by atoms with Gasteiger partial charge in [-0.3, -0.25) is 9.48 Å². The number of hydrogen-bond donors (Lipinski definition) is 2. The molecule has 1 aliphatic heterocycles. The fourth-order valence-corrected chi connectivity index (χ4v) is 3.67. The van der Waals surface area contributed by atoms with Gasteiger partial charge in [-0.05, 0) is 43.1 Å². The summed E-state index contributed by atoms with van der Waals surface area (Å²) in [6, 6.07) is 6.36. The van der Waals surface area contributed by atoms with E-state index in [1.807, 2.05) is 24.7 Å². The molecule has 1 aliphatic rings. The van der Waals surface area contributed by atoms with Crippen LogP contribution < -0.4 is 10.6 Å². The molecule has 0 bridgehead atoms. The zero-order chi connectivity index (χ0) is 18.7. The monoisotopic (exact) mass is 414 g/mol. The van der Waals surface area contributed by atoms with E-state index in [4.69, 9.17) is 11.6 Å². The number of carbonyl (C=O) groups excluding carboxylic acids is 1. The smallest absolute Gasteiger partial charge is 0.271 e. The highest BCUT2D eigenvalue weighted by Crippen LogP contribution is 2.30. The van der Waals surface area contributed by atoms with Crippen molar-refractivity contribution >= 4 is 29.9 Å². The number of amides is 1. The third kappa shape index (κ3) is 5.21. The Morgan fingerprint density at radius 1 is 1.44 bits per heavy atom. The molecule has 0 saturated carbocycles. The molecule has 27 heavy (non-hydrogen) atoms. The quantitative estimate of drug-likeness (QED) is 0.783. The standard InChI is InChI=1S/C19H24ClFN4O.ClH/c1-19(2,15-6-5-13(21)10-16(15)20)12-23-18(26)17-7-9-25(24-17)14-4-3-8-22-11-14;/h5-7,9-10,14,22H,3-4,8,11-12H2,1-2H3,(H,23,26);1H. The van der Waals surface area contributed by atoms with Crippen LogP contribution in [0.4, 0.5) is 4.39 Å². The summed E-state index contributed by atoms with van der Waals surface area (Å²) in [5, 5.41) is 11.0. The number of benzene rings is 1. The average molecular weight is 415 g/mol. The van der Waals surface area contributed by atoms with Crippen LogP contribution in [0.25, 0.3) is 0 Å². The van der Waals surface area contributed by atoms with E-state index in [9.17, 15) is 9.18 Å². The maximum absolute atomic E-state index is 13.3. The molecule has 1 aromatic heterocycles. The van der Waals surface area contributed by atoms with Crippen molar-refractivity contribution in [3.8, 4) is 0 Å². The Kier molecular flexibility index (Phi) is 7.25. The maximum Gasteiger partial charge on any atom is 0.271 e. The first kappa shape index (κ1) is 21.7. The van der Waals surface area contributed by atoms with E-state index in [0.29, 0.717) is 23.3 Å². The third-order valence-electron chi connectivity index (χ3n) is 4.84. The van der Waals surface area contributed by atoms with Gasteiger partial charge in [0.05, 0.1) is 6.04 Å².